The molecule has 0 spiro atoms. The van der Waals surface area contributed by atoms with Crippen LogP contribution < -0.4 is 26.6 Å². The Morgan fingerprint density at radius 1 is 0.895 bits per heavy atom. The zero-order chi connectivity index (χ0) is 54.6. The highest BCUT2D eigenvalue weighted by atomic mass is 35.5. The van der Waals surface area contributed by atoms with Crippen molar-refractivity contribution in [2.75, 3.05) is 39.4 Å². The van der Waals surface area contributed by atoms with Crippen LogP contribution in [0.4, 0.5) is 0 Å². The van der Waals surface area contributed by atoms with E-state index in [9.17, 15) is 38.7 Å². The second-order valence-corrected chi connectivity index (χ2v) is 23.1. The third kappa shape index (κ3) is 12.8. The first-order valence-electron chi connectivity index (χ1n) is 25.2. The van der Waals surface area contributed by atoms with Gasteiger partial charge in [-0.15, -0.1) is 32.9 Å². The van der Waals surface area contributed by atoms with E-state index in [1.807, 2.05) is 68.0 Å². The zero-order valence-corrected chi connectivity index (χ0v) is 45.8. The number of hydrogen-bond donors (Lipinski definition) is 6. The van der Waals surface area contributed by atoms with Crippen LogP contribution in [-0.2, 0) is 38.3 Å². The number of ketones is 1. The number of aromatic nitrogens is 3. The molecule has 2 saturated heterocycles. The van der Waals surface area contributed by atoms with Crippen molar-refractivity contribution in [2.24, 2.45) is 16.3 Å². The van der Waals surface area contributed by atoms with Crippen LogP contribution in [0.15, 0.2) is 65.0 Å². The van der Waals surface area contributed by atoms with Crippen LogP contribution in [0, 0.1) is 39.0 Å². The van der Waals surface area contributed by atoms with Crippen molar-refractivity contribution in [2.45, 2.75) is 104 Å². The Balaban J connectivity index is 1.02. The molecule has 76 heavy (non-hydrogen) atoms. The van der Waals surface area contributed by atoms with Crippen LogP contribution in [0.25, 0.3) is 15.4 Å². The molecule has 3 aliphatic rings. The van der Waals surface area contributed by atoms with Gasteiger partial charge in [0.05, 0.1) is 49.8 Å². The molecule has 0 radical (unpaired) electrons. The van der Waals surface area contributed by atoms with Crippen molar-refractivity contribution < 1.29 is 43.4 Å². The molecule has 0 unspecified atom stereocenters. The number of fused-ring (bicyclic) bond motifs is 4. The molecule has 6 heterocycles. The number of aryl methyl sites for hydroxylation is 3. The fourth-order valence-corrected chi connectivity index (χ4v) is 11.9. The number of rotatable bonds is 7. The van der Waals surface area contributed by atoms with E-state index in [-0.39, 0.29) is 51.9 Å². The number of nitrogens with zero attached hydrogens (tertiary/aromatic N) is 5. The Labute approximate surface area is 453 Å². The highest BCUT2D eigenvalue weighted by Crippen LogP contribution is 2.40. The van der Waals surface area contributed by atoms with E-state index in [1.165, 1.54) is 4.90 Å². The number of nitrogens with one attached hydrogen (secondary N) is 5. The number of amides is 6. The minimum atomic E-state index is -1.14. The number of carbonyl (C=O) groups excluding carboxylic acids is 7. The van der Waals surface area contributed by atoms with Gasteiger partial charge in [-0.3, -0.25) is 43.1 Å². The van der Waals surface area contributed by atoms with Gasteiger partial charge in [0.1, 0.15) is 35.6 Å². The van der Waals surface area contributed by atoms with Gasteiger partial charge in [-0.25, -0.2) is 0 Å². The number of aliphatic imine (C=N–C) groups is 1. The van der Waals surface area contributed by atoms with Crippen LogP contribution in [0.5, 0.6) is 0 Å². The molecule has 0 saturated carbocycles. The molecule has 402 valence electrons. The van der Waals surface area contributed by atoms with Crippen molar-refractivity contribution in [3.05, 3.63) is 109 Å². The number of aliphatic hydroxyl groups excluding tert-OH is 1. The zero-order valence-electron chi connectivity index (χ0n) is 43.5. The van der Waals surface area contributed by atoms with Gasteiger partial charge < -0.3 is 41.3 Å². The predicted molar refractivity (Wildman–Crippen MR) is 288 cm³/mol. The third-order valence-electron chi connectivity index (χ3n) is 13.8. The van der Waals surface area contributed by atoms with Gasteiger partial charge in [-0.05, 0) is 78.9 Å². The van der Waals surface area contributed by atoms with Crippen LogP contribution in [0.2, 0.25) is 5.02 Å². The molecule has 22 heteroatoms. The predicted octanol–water partition coefficient (Wildman–Crippen LogP) is 4.92. The smallest absolute Gasteiger partial charge is 0.246 e. The van der Waals surface area contributed by atoms with E-state index in [0.717, 1.165) is 42.6 Å². The van der Waals surface area contributed by atoms with E-state index < -0.39 is 96.0 Å². The number of ether oxygens (including phenoxy) is 1. The lowest BCUT2D eigenvalue weighted by atomic mass is 9.85. The molecule has 2 fully saturated rings. The number of carbonyl (C=O) groups is 7. The van der Waals surface area contributed by atoms with Crippen molar-refractivity contribution >= 4 is 81.2 Å². The van der Waals surface area contributed by atoms with Crippen molar-refractivity contribution in [1.82, 2.24) is 46.2 Å². The molecule has 6 amide bonds. The van der Waals surface area contributed by atoms with Gasteiger partial charge in [0.25, 0.3) is 0 Å². The molecule has 5 aromatic rings. The van der Waals surface area contributed by atoms with Crippen molar-refractivity contribution in [3.63, 3.8) is 0 Å². The maximum absolute atomic E-state index is 14.3. The first-order valence-corrected chi connectivity index (χ1v) is 27.2. The lowest BCUT2D eigenvalue weighted by molar-refractivity contribution is -0.144. The summed E-state index contributed by atoms with van der Waals surface area (Å²) in [5, 5.41) is 37.1. The summed E-state index contributed by atoms with van der Waals surface area (Å²) in [5.41, 5.74) is 5.11. The topological polar surface area (TPSA) is 255 Å². The van der Waals surface area contributed by atoms with Gasteiger partial charge in [-0.1, -0.05) is 68.8 Å². The summed E-state index contributed by atoms with van der Waals surface area (Å²) in [6, 6.07) is 12.7. The van der Waals surface area contributed by atoms with Gasteiger partial charge in [-0.2, -0.15) is 0 Å². The van der Waals surface area contributed by atoms with Gasteiger partial charge in [0.2, 0.25) is 35.4 Å². The minimum absolute atomic E-state index is 0.0802. The number of aliphatic hydroxyl groups is 1. The number of halogens is 1. The number of Topliss-reactive ketones (excluding diaryl/α,β-unsaturated/α-hetero) is 1. The Morgan fingerprint density at radius 3 is 2.32 bits per heavy atom. The van der Waals surface area contributed by atoms with E-state index in [2.05, 4.69) is 36.8 Å². The summed E-state index contributed by atoms with van der Waals surface area (Å²) in [7, 11) is 0. The molecule has 6 N–H and O–H groups in total. The third-order valence-corrected chi connectivity index (χ3v) is 16.3. The average Bonchev–Trinajstić information content (AvgIpc) is 4.20. The van der Waals surface area contributed by atoms with Crippen LogP contribution >= 0.6 is 34.3 Å². The van der Waals surface area contributed by atoms with E-state index >= 15 is 0 Å². The molecule has 3 aromatic heterocycles. The molecule has 6 atom stereocenters. The number of benzene rings is 2. The summed E-state index contributed by atoms with van der Waals surface area (Å²) in [6.07, 6.45) is -2.00. The van der Waals surface area contributed by atoms with E-state index in [4.69, 9.17) is 21.3 Å². The maximum Gasteiger partial charge on any atom is 0.246 e. The normalized spacial score (nSPS) is 22.6. The standard InChI is InChI=1S/C54H63ClN10O9S2/c1-28-16-19-75-47(28)34-10-8-32(9-11-34)39-22-42(68)58-25-37(66)20-35(50(71)56-17-18-74-27-44(70)61-48(54(5,6)7)52(73)64-26-38(67)21-41(64)51(72)60-39)24-57-43(69)23-40-49-63-62-31(4)65(49)53-45(29(2)30(3)76-53)46(59-40)33-12-14-36(55)15-13-33/h8-16,19,35,38-41,48,67H,17-18,20-27H2,1-7H3,(H,56,71)(H,57,69)(H,58,68)(H,60,72)(H,61,70)/t35-,38-,39+,40+,41+,48-/m1/s1. The van der Waals surface area contributed by atoms with Gasteiger partial charge >= 0.3 is 0 Å². The largest absolute Gasteiger partial charge is 0.391 e. The first kappa shape index (κ1) is 55.6. The lowest BCUT2D eigenvalue weighted by Gasteiger charge is -2.35. The SMILES string of the molecule is Cc1ccsc1-c1ccc([C@@H]2CC(=O)NCC(=O)C[C@H](CNC(=O)C[C@@H]3N=C(c4ccc(Cl)cc4)c4c(sc(C)c4C)-n4c(C)nnc43)C(=O)NCCOCC(=O)N[C@@H](C(C)(C)C)C(=O)N3C[C@H](O)C[C@H]3C(=O)N2)cc1. The van der Waals surface area contributed by atoms with E-state index in [1.54, 1.807) is 67.7 Å². The monoisotopic (exact) mass is 1090 g/mol. The fraction of sp³-hybridized carbons (Fsp3) is 0.444. The highest BCUT2D eigenvalue weighted by molar-refractivity contribution is 7.15. The van der Waals surface area contributed by atoms with Crippen molar-refractivity contribution in [1.29, 1.82) is 0 Å². The minimum Gasteiger partial charge on any atom is -0.391 e. The van der Waals surface area contributed by atoms with Crippen LogP contribution in [-0.4, -0.2) is 129 Å². The quantitative estimate of drug-likeness (QED) is 0.128. The second-order valence-electron chi connectivity index (χ2n) is 20.6. The first-order chi connectivity index (χ1) is 36.2. The maximum atomic E-state index is 14.3. The van der Waals surface area contributed by atoms with E-state index in [0.29, 0.717) is 27.9 Å². The molecule has 19 nitrogen and oxygen atoms in total. The Hall–Kier alpha value is -6.65. The molecule has 3 aliphatic heterocycles. The molecule has 0 bridgehead atoms. The Bertz CT molecular complexity index is 3050. The summed E-state index contributed by atoms with van der Waals surface area (Å²) < 4.78 is 7.53. The molecule has 8 rings (SSSR count). The molecule has 2 aromatic carbocycles. The Kier molecular flexibility index (Phi) is 17.3. The molecule has 0 aliphatic carbocycles. The summed E-state index contributed by atoms with van der Waals surface area (Å²) in [4.78, 5) is 106. The average molecular weight is 1100 g/mol. The molecular weight excluding hydrogens is 1030 g/mol. The highest BCUT2D eigenvalue weighted by Gasteiger charge is 2.45. The van der Waals surface area contributed by atoms with Crippen LogP contribution in [0.1, 0.15) is 103 Å². The summed E-state index contributed by atoms with van der Waals surface area (Å²) in [5.74, 6) is -4.06. The van der Waals surface area contributed by atoms with Gasteiger partial charge in [0, 0.05) is 58.4 Å². The van der Waals surface area contributed by atoms with Gasteiger partial charge in [0.15, 0.2) is 11.6 Å². The second kappa shape index (κ2) is 23.7. The van der Waals surface area contributed by atoms with Crippen LogP contribution in [0.3, 0.4) is 0 Å². The summed E-state index contributed by atoms with van der Waals surface area (Å²) in [6.45, 7) is 11.6. The number of thiophene rings is 2. The lowest BCUT2D eigenvalue weighted by Crippen LogP contribution is -2.58. The summed E-state index contributed by atoms with van der Waals surface area (Å²) >= 11 is 9.44. The molecular formula is C54H63ClN10O9S2. The number of hydrogen-bond acceptors (Lipinski definition) is 14. The van der Waals surface area contributed by atoms with Crippen molar-refractivity contribution in [3.8, 4) is 15.4 Å². The Morgan fingerprint density at radius 2 is 1.62 bits per heavy atom. The fourth-order valence-electron chi connectivity index (χ4n) is 9.61.